The van der Waals surface area contributed by atoms with Crippen LogP contribution in [-0.4, -0.2) is 33.9 Å². The first-order valence-electron chi connectivity index (χ1n) is 4.51. The Bertz CT molecular complexity index is 274. The van der Waals surface area contributed by atoms with Gasteiger partial charge >= 0.3 is 0 Å². The molecule has 0 bridgehead atoms. The fraction of sp³-hybridized carbons (Fsp3) is 0.556. The molecular weight excluding hydrogens is 202 g/mol. The SMILES string of the molecule is CN(Cc1cn[nH]c1)C(=O)CCCCl. The van der Waals surface area contributed by atoms with Gasteiger partial charge in [-0.25, -0.2) is 0 Å². The fourth-order valence-corrected chi connectivity index (χ4v) is 1.27. The number of halogens is 1. The van der Waals surface area contributed by atoms with Crippen LogP contribution >= 0.6 is 11.6 Å². The number of aromatic amines is 1. The lowest BCUT2D eigenvalue weighted by atomic mass is 10.3. The van der Waals surface area contributed by atoms with E-state index >= 15 is 0 Å². The van der Waals surface area contributed by atoms with E-state index in [9.17, 15) is 4.79 Å². The molecule has 0 saturated carbocycles. The summed E-state index contributed by atoms with van der Waals surface area (Å²) in [6, 6.07) is 0. The van der Waals surface area contributed by atoms with Gasteiger partial charge in [0.15, 0.2) is 0 Å². The van der Waals surface area contributed by atoms with Crippen LogP contribution in [0.4, 0.5) is 0 Å². The van der Waals surface area contributed by atoms with Gasteiger partial charge in [-0.3, -0.25) is 9.89 Å². The van der Waals surface area contributed by atoms with Crippen molar-refractivity contribution < 1.29 is 4.79 Å². The maximum Gasteiger partial charge on any atom is 0.222 e. The second kappa shape index (κ2) is 5.65. The molecule has 78 valence electrons. The molecule has 14 heavy (non-hydrogen) atoms. The highest BCUT2D eigenvalue weighted by Crippen LogP contribution is 2.03. The maximum absolute atomic E-state index is 11.5. The number of hydrogen-bond acceptors (Lipinski definition) is 2. The molecule has 0 saturated heterocycles. The van der Waals surface area contributed by atoms with Crippen molar-refractivity contribution in [2.75, 3.05) is 12.9 Å². The Kier molecular flexibility index (Phi) is 4.46. The highest BCUT2D eigenvalue weighted by molar-refractivity contribution is 6.17. The predicted molar refractivity (Wildman–Crippen MR) is 55.0 cm³/mol. The summed E-state index contributed by atoms with van der Waals surface area (Å²) >= 11 is 5.51. The third kappa shape index (κ3) is 3.38. The molecule has 4 nitrogen and oxygen atoms in total. The zero-order chi connectivity index (χ0) is 10.4. The number of nitrogens with zero attached hydrogens (tertiary/aromatic N) is 2. The van der Waals surface area contributed by atoms with Gasteiger partial charge in [-0.15, -0.1) is 11.6 Å². The van der Waals surface area contributed by atoms with Crippen LogP contribution in [-0.2, 0) is 11.3 Å². The third-order valence-corrected chi connectivity index (χ3v) is 2.19. The highest BCUT2D eigenvalue weighted by atomic mass is 35.5. The Hall–Kier alpha value is -1.03. The lowest BCUT2D eigenvalue weighted by Gasteiger charge is -2.15. The Labute approximate surface area is 88.2 Å². The average Bonchev–Trinajstić information content (AvgIpc) is 2.66. The Morgan fingerprint density at radius 3 is 3.07 bits per heavy atom. The van der Waals surface area contributed by atoms with E-state index in [1.54, 1.807) is 24.3 Å². The van der Waals surface area contributed by atoms with Gasteiger partial charge in [0.1, 0.15) is 0 Å². The molecule has 0 aromatic carbocycles. The summed E-state index contributed by atoms with van der Waals surface area (Å²) < 4.78 is 0. The number of carbonyl (C=O) groups excluding carboxylic acids is 1. The largest absolute Gasteiger partial charge is 0.341 e. The normalized spacial score (nSPS) is 10.1. The molecule has 0 aliphatic heterocycles. The van der Waals surface area contributed by atoms with Crippen molar-refractivity contribution in [1.29, 1.82) is 0 Å². The first-order valence-corrected chi connectivity index (χ1v) is 5.05. The Morgan fingerprint density at radius 2 is 2.50 bits per heavy atom. The van der Waals surface area contributed by atoms with E-state index in [2.05, 4.69) is 10.2 Å². The summed E-state index contributed by atoms with van der Waals surface area (Å²) in [6.07, 6.45) is 4.74. The van der Waals surface area contributed by atoms with Crippen molar-refractivity contribution in [1.82, 2.24) is 15.1 Å². The number of H-pyrrole nitrogens is 1. The summed E-state index contributed by atoms with van der Waals surface area (Å²) in [6.45, 7) is 0.595. The summed E-state index contributed by atoms with van der Waals surface area (Å²) in [5, 5.41) is 6.52. The number of carbonyl (C=O) groups is 1. The molecule has 1 rings (SSSR count). The minimum Gasteiger partial charge on any atom is -0.341 e. The molecule has 0 aliphatic carbocycles. The van der Waals surface area contributed by atoms with Gasteiger partial charge in [0.2, 0.25) is 5.91 Å². The van der Waals surface area contributed by atoms with Gasteiger partial charge in [0.05, 0.1) is 6.20 Å². The number of aromatic nitrogens is 2. The van der Waals surface area contributed by atoms with Gasteiger partial charge in [0, 0.05) is 37.7 Å². The molecule has 0 atom stereocenters. The van der Waals surface area contributed by atoms with E-state index < -0.39 is 0 Å². The molecule has 1 aromatic heterocycles. The first kappa shape index (κ1) is 11.0. The predicted octanol–water partition coefficient (Wildman–Crippen LogP) is 1.39. The van der Waals surface area contributed by atoms with Crippen molar-refractivity contribution in [3.8, 4) is 0 Å². The van der Waals surface area contributed by atoms with E-state index in [1.165, 1.54) is 0 Å². The number of amides is 1. The number of alkyl halides is 1. The summed E-state index contributed by atoms with van der Waals surface area (Å²) in [5.41, 5.74) is 1.01. The van der Waals surface area contributed by atoms with Crippen LogP contribution in [0, 0.1) is 0 Å². The quantitative estimate of drug-likeness (QED) is 0.755. The molecule has 1 aromatic rings. The van der Waals surface area contributed by atoms with Crippen LogP contribution in [0.2, 0.25) is 0 Å². The molecule has 1 amide bonds. The minimum absolute atomic E-state index is 0.117. The molecule has 5 heteroatoms. The Balaban J connectivity index is 2.34. The van der Waals surface area contributed by atoms with Gasteiger partial charge in [-0.05, 0) is 6.42 Å². The van der Waals surface area contributed by atoms with Crippen LogP contribution in [0.25, 0.3) is 0 Å². The van der Waals surface area contributed by atoms with E-state index in [-0.39, 0.29) is 5.91 Å². The monoisotopic (exact) mass is 215 g/mol. The molecular formula is C9H14ClN3O. The standard InChI is InChI=1S/C9H14ClN3O/c1-13(9(14)3-2-4-10)7-8-5-11-12-6-8/h5-6H,2-4,7H2,1H3,(H,11,12). The van der Waals surface area contributed by atoms with E-state index in [1.807, 2.05) is 0 Å². The average molecular weight is 216 g/mol. The van der Waals surface area contributed by atoms with Gasteiger partial charge in [0.25, 0.3) is 0 Å². The fourth-order valence-electron chi connectivity index (χ4n) is 1.14. The van der Waals surface area contributed by atoms with Gasteiger partial charge in [-0.2, -0.15) is 5.10 Å². The molecule has 1 heterocycles. The lowest BCUT2D eigenvalue weighted by Crippen LogP contribution is -2.25. The molecule has 1 N–H and O–H groups in total. The van der Waals surface area contributed by atoms with Crippen LogP contribution in [0.15, 0.2) is 12.4 Å². The van der Waals surface area contributed by atoms with Crippen LogP contribution in [0.3, 0.4) is 0 Å². The highest BCUT2D eigenvalue weighted by Gasteiger charge is 2.08. The second-order valence-corrected chi connectivity index (χ2v) is 3.53. The maximum atomic E-state index is 11.5. The number of rotatable bonds is 5. The topological polar surface area (TPSA) is 49.0 Å². The molecule has 0 fully saturated rings. The van der Waals surface area contributed by atoms with Crippen molar-refractivity contribution in [2.45, 2.75) is 19.4 Å². The molecule has 0 radical (unpaired) electrons. The zero-order valence-electron chi connectivity index (χ0n) is 8.16. The van der Waals surface area contributed by atoms with Crippen molar-refractivity contribution in [3.05, 3.63) is 18.0 Å². The molecule has 0 unspecified atom stereocenters. The first-order chi connectivity index (χ1) is 6.74. The summed E-state index contributed by atoms with van der Waals surface area (Å²) in [4.78, 5) is 13.1. The number of hydrogen-bond donors (Lipinski definition) is 1. The molecule has 0 aliphatic rings. The van der Waals surface area contributed by atoms with E-state index in [4.69, 9.17) is 11.6 Å². The van der Waals surface area contributed by atoms with Crippen molar-refractivity contribution in [3.63, 3.8) is 0 Å². The van der Waals surface area contributed by atoms with E-state index in [0.29, 0.717) is 18.8 Å². The minimum atomic E-state index is 0.117. The zero-order valence-corrected chi connectivity index (χ0v) is 8.92. The summed E-state index contributed by atoms with van der Waals surface area (Å²) in [7, 11) is 1.78. The second-order valence-electron chi connectivity index (χ2n) is 3.15. The van der Waals surface area contributed by atoms with Gasteiger partial charge in [-0.1, -0.05) is 0 Å². The van der Waals surface area contributed by atoms with Crippen LogP contribution in [0.1, 0.15) is 18.4 Å². The van der Waals surface area contributed by atoms with Crippen molar-refractivity contribution >= 4 is 17.5 Å². The van der Waals surface area contributed by atoms with Crippen LogP contribution in [0.5, 0.6) is 0 Å². The van der Waals surface area contributed by atoms with Crippen molar-refractivity contribution in [2.24, 2.45) is 0 Å². The lowest BCUT2D eigenvalue weighted by molar-refractivity contribution is -0.130. The third-order valence-electron chi connectivity index (χ3n) is 1.92. The Morgan fingerprint density at radius 1 is 1.71 bits per heavy atom. The van der Waals surface area contributed by atoms with E-state index in [0.717, 1.165) is 12.0 Å². The summed E-state index contributed by atoms with van der Waals surface area (Å²) in [5.74, 6) is 0.650. The van der Waals surface area contributed by atoms with Crippen LogP contribution < -0.4 is 0 Å². The number of nitrogens with one attached hydrogen (secondary N) is 1. The van der Waals surface area contributed by atoms with Gasteiger partial charge < -0.3 is 4.90 Å². The smallest absolute Gasteiger partial charge is 0.222 e. The molecule has 0 spiro atoms.